The number of carbonyl (C=O) groups excluding carboxylic acids is 1. The molecule has 1 aliphatic rings. The molecular formula is C31H28N4O6S. The molecule has 4 aromatic rings. The van der Waals surface area contributed by atoms with Crippen molar-refractivity contribution in [2.45, 2.75) is 32.9 Å². The highest BCUT2D eigenvalue weighted by molar-refractivity contribution is 7.80. The van der Waals surface area contributed by atoms with Gasteiger partial charge in [0.25, 0.3) is 0 Å². The van der Waals surface area contributed by atoms with Crippen LogP contribution >= 0.6 is 12.2 Å². The van der Waals surface area contributed by atoms with Crippen LogP contribution in [0, 0.1) is 12.8 Å². The quantitative estimate of drug-likeness (QED) is 0.187. The zero-order chi connectivity index (χ0) is 30.1. The Kier molecular flexibility index (Phi) is 7.77. The number of benzene rings is 2. The molecule has 5 rings (SSSR count). The molecule has 0 saturated carbocycles. The molecule has 1 saturated heterocycles. The Balaban J connectivity index is 1.58. The van der Waals surface area contributed by atoms with Gasteiger partial charge in [-0.15, -0.1) is 0 Å². The minimum Gasteiger partial charge on any atom is -0.478 e. The van der Waals surface area contributed by atoms with Crippen LogP contribution in [0.2, 0.25) is 0 Å². The Morgan fingerprint density at radius 1 is 1.00 bits per heavy atom. The molecule has 1 aliphatic heterocycles. The first-order valence-corrected chi connectivity index (χ1v) is 13.6. The van der Waals surface area contributed by atoms with E-state index in [-0.39, 0.29) is 23.0 Å². The third-order valence-electron chi connectivity index (χ3n) is 7.00. The number of anilines is 2. The fourth-order valence-electron chi connectivity index (χ4n) is 4.82. The second-order valence-electron chi connectivity index (χ2n) is 10.3. The van der Waals surface area contributed by atoms with Gasteiger partial charge in [-0.05, 0) is 85.4 Å². The Morgan fingerprint density at radius 2 is 1.71 bits per heavy atom. The lowest BCUT2D eigenvalue weighted by atomic mass is 10.0. The number of furan rings is 1. The summed E-state index contributed by atoms with van der Waals surface area (Å²) in [6, 6.07) is 17.6. The molecular weight excluding hydrogens is 556 g/mol. The number of hydrogen-bond acceptors (Lipinski definition) is 6. The zero-order valence-corrected chi connectivity index (χ0v) is 23.8. The third kappa shape index (κ3) is 5.59. The molecule has 4 N–H and O–H groups in total. The minimum absolute atomic E-state index is 0.0848. The number of thiocarbonyl (C=S) groups is 1. The van der Waals surface area contributed by atoms with E-state index in [1.54, 1.807) is 18.3 Å². The summed E-state index contributed by atoms with van der Waals surface area (Å²) in [4.78, 5) is 42.1. The number of rotatable bonds is 8. The van der Waals surface area contributed by atoms with Gasteiger partial charge in [-0.3, -0.25) is 9.78 Å². The van der Waals surface area contributed by atoms with Crippen LogP contribution < -0.4 is 15.5 Å². The molecule has 3 heterocycles. The molecule has 0 unspecified atom stereocenters. The van der Waals surface area contributed by atoms with Crippen molar-refractivity contribution in [3.63, 3.8) is 0 Å². The largest absolute Gasteiger partial charge is 0.478 e. The van der Waals surface area contributed by atoms with Gasteiger partial charge in [-0.25, -0.2) is 9.59 Å². The molecule has 214 valence electrons. The maximum atomic E-state index is 12.3. The summed E-state index contributed by atoms with van der Waals surface area (Å²) in [5.74, 6) is -1.95. The van der Waals surface area contributed by atoms with Gasteiger partial charge in [0.1, 0.15) is 17.6 Å². The Morgan fingerprint density at radius 3 is 2.31 bits per heavy atom. The number of carbonyl (C=O) groups is 3. The number of aromatic nitrogens is 1. The number of pyridine rings is 1. The molecule has 1 fully saturated rings. The van der Waals surface area contributed by atoms with Gasteiger partial charge in [-0.1, -0.05) is 19.9 Å². The van der Waals surface area contributed by atoms with E-state index in [1.807, 2.05) is 62.1 Å². The summed E-state index contributed by atoms with van der Waals surface area (Å²) >= 11 is 5.79. The van der Waals surface area contributed by atoms with Gasteiger partial charge < -0.3 is 30.2 Å². The van der Waals surface area contributed by atoms with Crippen molar-refractivity contribution >= 4 is 46.6 Å². The number of hydrogen-bond donors (Lipinski definition) is 4. The Hall–Kier alpha value is -5.03. The van der Waals surface area contributed by atoms with E-state index in [0.29, 0.717) is 27.9 Å². The first kappa shape index (κ1) is 28.5. The zero-order valence-electron chi connectivity index (χ0n) is 23.0. The Labute approximate surface area is 247 Å². The predicted octanol–water partition coefficient (Wildman–Crippen LogP) is 5.82. The van der Waals surface area contributed by atoms with Crippen molar-refractivity contribution in [1.29, 1.82) is 0 Å². The van der Waals surface area contributed by atoms with E-state index >= 15 is 0 Å². The second kappa shape index (κ2) is 11.5. The number of nitrogens with one attached hydrogen (secondary N) is 2. The van der Waals surface area contributed by atoms with Crippen LogP contribution in [0.3, 0.4) is 0 Å². The fourth-order valence-corrected chi connectivity index (χ4v) is 5.17. The van der Waals surface area contributed by atoms with Crippen LogP contribution in [-0.4, -0.2) is 38.2 Å². The van der Waals surface area contributed by atoms with Gasteiger partial charge >= 0.3 is 11.9 Å². The second-order valence-corrected chi connectivity index (χ2v) is 10.6. The lowest BCUT2D eigenvalue weighted by Crippen LogP contribution is -2.29. The predicted molar refractivity (Wildman–Crippen MR) is 161 cm³/mol. The average molecular weight is 585 g/mol. The van der Waals surface area contributed by atoms with Gasteiger partial charge in [0, 0.05) is 29.1 Å². The average Bonchev–Trinajstić information content (AvgIpc) is 3.59. The first-order valence-electron chi connectivity index (χ1n) is 13.2. The molecule has 0 bridgehead atoms. The number of nitrogens with zero attached hydrogens (tertiary/aromatic N) is 2. The SMILES string of the molecule is Cc1cc(N2C(=S)N[C@@H](c3ccccn3)[C@H]2c2ccc(-c3cc(C(=O)O)cc(C(=O)O)c3)o2)ccc1NC(=O)C(C)C. The van der Waals surface area contributed by atoms with Crippen molar-refractivity contribution in [2.75, 3.05) is 10.2 Å². The number of carboxylic acid groups (broad SMARTS) is 2. The topological polar surface area (TPSA) is 145 Å². The van der Waals surface area contributed by atoms with Gasteiger partial charge in [0.2, 0.25) is 5.91 Å². The lowest BCUT2D eigenvalue weighted by Gasteiger charge is -2.27. The smallest absolute Gasteiger partial charge is 0.335 e. The van der Waals surface area contributed by atoms with E-state index in [1.165, 1.54) is 12.1 Å². The Bertz CT molecular complexity index is 1670. The highest BCUT2D eigenvalue weighted by Crippen LogP contribution is 2.43. The van der Waals surface area contributed by atoms with E-state index in [4.69, 9.17) is 16.6 Å². The van der Waals surface area contributed by atoms with Crippen LogP contribution in [0.15, 0.2) is 77.3 Å². The molecule has 11 heteroatoms. The summed E-state index contributed by atoms with van der Waals surface area (Å²) in [5.41, 5.74) is 3.00. The minimum atomic E-state index is -1.25. The highest BCUT2D eigenvalue weighted by atomic mass is 32.1. The monoisotopic (exact) mass is 584 g/mol. The number of aryl methyl sites for hydroxylation is 1. The highest BCUT2D eigenvalue weighted by Gasteiger charge is 2.42. The number of carboxylic acids is 2. The number of aromatic carboxylic acids is 2. The van der Waals surface area contributed by atoms with Gasteiger partial charge in [-0.2, -0.15) is 0 Å². The van der Waals surface area contributed by atoms with E-state index in [2.05, 4.69) is 15.6 Å². The molecule has 10 nitrogen and oxygen atoms in total. The molecule has 2 aromatic heterocycles. The van der Waals surface area contributed by atoms with Crippen molar-refractivity contribution in [3.05, 3.63) is 101 Å². The standard InChI is InChI=1S/C31H28N4O6S/c1-16(2)28(36)33-22-8-7-21(12-17(22)3)35-27(26(34-31(35)42)23-6-4-5-11-32-23)25-10-9-24(41-25)18-13-19(29(37)38)15-20(14-18)30(39)40/h4-16,26-27H,1-3H3,(H,33,36)(H,34,42)(H,37,38)(H,39,40)/t26-,27+/m0/s1. The summed E-state index contributed by atoms with van der Waals surface area (Å²) < 4.78 is 6.30. The summed E-state index contributed by atoms with van der Waals surface area (Å²) in [6.07, 6.45) is 1.69. The van der Waals surface area contributed by atoms with Crippen molar-refractivity contribution in [1.82, 2.24) is 10.3 Å². The third-order valence-corrected chi connectivity index (χ3v) is 7.31. The van der Waals surface area contributed by atoms with Crippen LogP contribution in [0.1, 0.15) is 63.7 Å². The molecule has 2 atom stereocenters. The maximum Gasteiger partial charge on any atom is 0.335 e. The van der Waals surface area contributed by atoms with Gasteiger partial charge in [0.15, 0.2) is 5.11 Å². The van der Waals surface area contributed by atoms with Crippen molar-refractivity contribution in [2.24, 2.45) is 5.92 Å². The van der Waals surface area contributed by atoms with Gasteiger partial charge in [0.05, 0.1) is 22.9 Å². The van der Waals surface area contributed by atoms with E-state index < -0.39 is 24.0 Å². The van der Waals surface area contributed by atoms with Crippen molar-refractivity contribution < 1.29 is 29.0 Å². The molecule has 0 radical (unpaired) electrons. The molecule has 1 amide bonds. The molecule has 42 heavy (non-hydrogen) atoms. The van der Waals surface area contributed by atoms with E-state index in [0.717, 1.165) is 23.0 Å². The normalized spacial score (nSPS) is 16.4. The summed E-state index contributed by atoms with van der Waals surface area (Å²) in [7, 11) is 0. The van der Waals surface area contributed by atoms with Crippen LogP contribution in [0.25, 0.3) is 11.3 Å². The fraction of sp³-hybridized carbons (Fsp3) is 0.194. The summed E-state index contributed by atoms with van der Waals surface area (Å²) in [5, 5.41) is 25.8. The molecule has 0 aliphatic carbocycles. The van der Waals surface area contributed by atoms with Crippen LogP contribution in [-0.2, 0) is 4.79 Å². The molecule has 2 aromatic carbocycles. The number of amides is 1. The van der Waals surface area contributed by atoms with Crippen LogP contribution in [0.5, 0.6) is 0 Å². The molecule has 0 spiro atoms. The first-order chi connectivity index (χ1) is 20.0. The van der Waals surface area contributed by atoms with Crippen LogP contribution in [0.4, 0.5) is 11.4 Å². The van der Waals surface area contributed by atoms with E-state index in [9.17, 15) is 24.6 Å². The summed E-state index contributed by atoms with van der Waals surface area (Å²) in [6.45, 7) is 5.55. The lowest BCUT2D eigenvalue weighted by molar-refractivity contribution is -0.118. The van der Waals surface area contributed by atoms with Crippen molar-refractivity contribution in [3.8, 4) is 11.3 Å². The maximum absolute atomic E-state index is 12.3.